The van der Waals surface area contributed by atoms with Crippen LogP contribution < -0.4 is 0 Å². The summed E-state index contributed by atoms with van der Waals surface area (Å²) in [6.07, 6.45) is -4.91. The van der Waals surface area contributed by atoms with Crippen molar-refractivity contribution in [3.63, 3.8) is 0 Å². The molecule has 0 aliphatic heterocycles. The summed E-state index contributed by atoms with van der Waals surface area (Å²) in [5, 5.41) is 0. The first kappa shape index (κ1) is 16.7. The van der Waals surface area contributed by atoms with Crippen LogP contribution in [-0.2, 0) is 9.32 Å². The summed E-state index contributed by atoms with van der Waals surface area (Å²) < 4.78 is 41.9. The van der Waals surface area contributed by atoms with Gasteiger partial charge in [-0.1, -0.05) is 0 Å². The molecule has 0 rings (SSSR count). The Balaban J connectivity index is 5.28. The zero-order chi connectivity index (χ0) is 14.0. The molecule has 0 saturated carbocycles. The van der Waals surface area contributed by atoms with Crippen LogP contribution in [0, 0.1) is 0 Å². The summed E-state index contributed by atoms with van der Waals surface area (Å²) in [6, 6.07) is 0. The molecule has 0 bridgehead atoms. The van der Waals surface area contributed by atoms with Crippen LogP contribution in [0.4, 0.5) is 13.2 Å². The van der Waals surface area contributed by atoms with E-state index in [0.29, 0.717) is 0 Å². The van der Waals surface area contributed by atoms with Crippen LogP contribution in [0.25, 0.3) is 0 Å². The Labute approximate surface area is 101 Å². The van der Waals surface area contributed by atoms with Gasteiger partial charge in [0.2, 0.25) is 7.49 Å². The number of halogens is 3. The van der Waals surface area contributed by atoms with E-state index in [9.17, 15) is 18.0 Å². The maximum atomic E-state index is 12.3. The number of carbonyl (C=O) groups is 1. The molecule has 0 radical (unpaired) electrons. The van der Waals surface area contributed by atoms with Crippen LogP contribution >= 0.6 is 7.49 Å². The molecule has 0 fully saturated rings. The third-order valence-corrected chi connectivity index (χ3v) is 8.22. The first-order valence-corrected chi connectivity index (χ1v) is 7.56. The molecule has 0 N–H and O–H groups in total. The van der Waals surface area contributed by atoms with Gasteiger partial charge in [-0.3, -0.25) is 0 Å². The van der Waals surface area contributed by atoms with Gasteiger partial charge in [-0.2, -0.15) is 13.2 Å². The molecule has 0 aromatic carbocycles. The Morgan fingerprint density at radius 1 is 0.941 bits per heavy atom. The third kappa shape index (κ3) is 3.57. The summed E-state index contributed by atoms with van der Waals surface area (Å²) in [7, 11) is -2.43. The molecule has 2 nitrogen and oxygen atoms in total. The molecule has 0 saturated heterocycles. The van der Waals surface area contributed by atoms with E-state index in [1.165, 1.54) is 0 Å². The van der Waals surface area contributed by atoms with Gasteiger partial charge in [0.1, 0.15) is 0 Å². The van der Waals surface area contributed by atoms with E-state index in [2.05, 4.69) is 0 Å². The molecular weight excluding hydrogens is 252 g/mol. The molecule has 0 amide bonds. The van der Waals surface area contributed by atoms with Gasteiger partial charge < -0.3 is 4.52 Å². The Hall–Kier alpha value is -0.310. The Morgan fingerprint density at radius 2 is 1.24 bits per heavy atom. The smallest absolute Gasteiger partial charge is 0.303 e. The lowest BCUT2D eigenvalue weighted by molar-refractivity contribution is -0.189. The van der Waals surface area contributed by atoms with Crippen molar-refractivity contribution in [1.29, 1.82) is 0 Å². The third-order valence-electron chi connectivity index (χ3n) is 2.89. The van der Waals surface area contributed by atoms with Gasteiger partial charge in [0.05, 0.1) is 17.0 Å². The molecule has 0 aliphatic rings. The number of hydrogen-bond donors (Lipinski definition) is 0. The molecule has 0 aromatic rings. The van der Waals surface area contributed by atoms with Gasteiger partial charge >= 0.3 is 12.1 Å². The number of rotatable bonds is 4. The second-order valence-electron chi connectivity index (χ2n) is 4.92. The molecule has 0 aliphatic carbocycles. The molecular formula is C11H21F3O2P+. The van der Waals surface area contributed by atoms with Crippen molar-refractivity contribution in [2.45, 2.75) is 64.7 Å². The van der Waals surface area contributed by atoms with Crippen molar-refractivity contribution in [3.8, 4) is 0 Å². The molecule has 102 valence electrons. The largest absolute Gasteiger partial charge is 0.495 e. The molecule has 0 heterocycles. The van der Waals surface area contributed by atoms with Crippen LogP contribution in [0.3, 0.4) is 0 Å². The van der Waals surface area contributed by atoms with Crippen molar-refractivity contribution >= 4 is 13.5 Å². The molecule has 0 unspecified atom stereocenters. The van der Waals surface area contributed by atoms with Gasteiger partial charge in [0, 0.05) is 0 Å². The first-order valence-electron chi connectivity index (χ1n) is 5.65. The molecule has 6 heteroatoms. The summed E-state index contributed by atoms with van der Waals surface area (Å²) >= 11 is 0. The average Bonchev–Trinajstić information content (AvgIpc) is 2.09. The van der Waals surface area contributed by atoms with Crippen molar-refractivity contribution in [2.24, 2.45) is 0 Å². The second kappa shape index (κ2) is 5.55. The van der Waals surface area contributed by atoms with E-state index in [1.54, 1.807) is 0 Å². The maximum absolute atomic E-state index is 12.3. The zero-order valence-electron chi connectivity index (χ0n) is 11.1. The van der Waals surface area contributed by atoms with E-state index in [1.807, 2.05) is 41.5 Å². The highest BCUT2D eigenvalue weighted by Crippen LogP contribution is 2.71. The zero-order valence-corrected chi connectivity index (χ0v) is 12.0. The monoisotopic (exact) mass is 273 g/mol. The quantitative estimate of drug-likeness (QED) is 0.716. The van der Waals surface area contributed by atoms with Gasteiger partial charge in [-0.15, -0.1) is 0 Å². The fourth-order valence-corrected chi connectivity index (χ4v) is 6.90. The van der Waals surface area contributed by atoms with Crippen molar-refractivity contribution in [3.05, 3.63) is 0 Å². The Bertz CT molecular complexity index is 251. The summed E-state index contributed by atoms with van der Waals surface area (Å²) in [4.78, 5) is 11.1. The normalized spacial score (nSPS) is 13.6. The lowest BCUT2D eigenvalue weighted by Crippen LogP contribution is -2.33. The van der Waals surface area contributed by atoms with E-state index < -0.39 is 19.6 Å². The summed E-state index contributed by atoms with van der Waals surface area (Å²) in [5.74, 6) is -2.05. The maximum Gasteiger partial charge on any atom is 0.495 e. The Kier molecular flexibility index (Phi) is 5.45. The van der Waals surface area contributed by atoms with Crippen LogP contribution in [0.1, 0.15) is 41.5 Å². The van der Waals surface area contributed by atoms with Crippen molar-refractivity contribution < 1.29 is 22.5 Å². The van der Waals surface area contributed by atoms with Crippen molar-refractivity contribution in [2.75, 3.05) is 0 Å². The topological polar surface area (TPSA) is 26.3 Å². The van der Waals surface area contributed by atoms with Gasteiger partial charge in [-0.05, 0) is 41.5 Å². The van der Waals surface area contributed by atoms with E-state index >= 15 is 0 Å². The van der Waals surface area contributed by atoms with Gasteiger partial charge in [0.25, 0.3) is 0 Å². The van der Waals surface area contributed by atoms with Crippen LogP contribution in [-0.4, -0.2) is 29.1 Å². The SMILES string of the molecule is CC(C)[P+](OC(=O)C(F)(F)F)(C(C)C)C(C)C. The number of alkyl halides is 3. The predicted octanol–water partition coefficient (Wildman–Crippen LogP) is 4.25. The first-order chi connectivity index (χ1) is 7.46. The van der Waals surface area contributed by atoms with Crippen LogP contribution in [0.2, 0.25) is 0 Å². The second-order valence-corrected chi connectivity index (χ2v) is 9.73. The minimum absolute atomic E-state index is 0.0752. The van der Waals surface area contributed by atoms with Gasteiger partial charge in [0.15, 0.2) is 0 Å². The highest BCUT2D eigenvalue weighted by atomic mass is 31.2. The summed E-state index contributed by atoms with van der Waals surface area (Å²) in [6.45, 7) is 10.9. The van der Waals surface area contributed by atoms with E-state index in [-0.39, 0.29) is 17.0 Å². The van der Waals surface area contributed by atoms with Crippen LogP contribution in [0.15, 0.2) is 0 Å². The molecule has 17 heavy (non-hydrogen) atoms. The fourth-order valence-electron chi connectivity index (χ4n) is 2.30. The van der Waals surface area contributed by atoms with Crippen LogP contribution in [0.5, 0.6) is 0 Å². The average molecular weight is 273 g/mol. The molecule has 0 atom stereocenters. The predicted molar refractivity (Wildman–Crippen MR) is 64.5 cm³/mol. The van der Waals surface area contributed by atoms with Crippen molar-refractivity contribution in [1.82, 2.24) is 0 Å². The number of carbonyl (C=O) groups excluding carboxylic acids is 1. The summed E-state index contributed by atoms with van der Waals surface area (Å²) in [5.41, 5.74) is -0.226. The fraction of sp³-hybridized carbons (Fsp3) is 0.909. The van der Waals surface area contributed by atoms with E-state index in [0.717, 1.165) is 0 Å². The Morgan fingerprint density at radius 3 is 1.41 bits per heavy atom. The minimum atomic E-state index is -4.91. The van der Waals surface area contributed by atoms with Gasteiger partial charge in [-0.25, -0.2) is 4.79 Å². The van der Waals surface area contributed by atoms with E-state index in [4.69, 9.17) is 4.52 Å². The highest BCUT2D eigenvalue weighted by Gasteiger charge is 2.57. The molecule has 0 spiro atoms. The minimum Gasteiger partial charge on any atom is -0.303 e. The lowest BCUT2D eigenvalue weighted by Gasteiger charge is -2.35. The lowest BCUT2D eigenvalue weighted by atomic mass is 10.5. The highest BCUT2D eigenvalue weighted by molar-refractivity contribution is 7.73. The molecule has 0 aromatic heterocycles. The number of hydrogen-bond acceptors (Lipinski definition) is 2. The standard InChI is InChI=1S/C11H21F3O2P/c1-7(2)17(8(3)4,9(5)6)16-10(15)11(12,13)14/h7-9H,1-6H3/q+1.